The highest BCUT2D eigenvalue weighted by atomic mass is 16.5. The minimum Gasteiger partial charge on any atom is -0.461 e. The standard InChI is InChI=1S/C14H18N8O2/c15-12-18-13(16-3-4-21-5-8-23-9-6-21)19-14-17-11(20-22(12)14)10-2-1-7-24-10/h1-2,7H,3-6,8-9H2,(H3,15,16,17,18,19,20). The van der Waals surface area contributed by atoms with Gasteiger partial charge >= 0.3 is 0 Å². The molecule has 0 radical (unpaired) electrons. The highest BCUT2D eigenvalue weighted by Crippen LogP contribution is 2.17. The highest BCUT2D eigenvalue weighted by Gasteiger charge is 2.14. The third-order valence-corrected chi connectivity index (χ3v) is 3.79. The summed E-state index contributed by atoms with van der Waals surface area (Å²) in [7, 11) is 0. The average Bonchev–Trinajstić information content (AvgIpc) is 3.25. The lowest BCUT2D eigenvalue weighted by Gasteiger charge is -2.26. The van der Waals surface area contributed by atoms with Crippen LogP contribution < -0.4 is 11.1 Å². The Morgan fingerprint density at radius 1 is 1.21 bits per heavy atom. The van der Waals surface area contributed by atoms with Gasteiger partial charge in [-0.3, -0.25) is 4.90 Å². The molecule has 3 N–H and O–H groups in total. The van der Waals surface area contributed by atoms with Gasteiger partial charge in [0.05, 0.1) is 19.5 Å². The van der Waals surface area contributed by atoms with Crippen LogP contribution in [0.4, 0.5) is 11.9 Å². The number of nitrogens with two attached hydrogens (primary N) is 1. The fourth-order valence-corrected chi connectivity index (χ4v) is 2.55. The second kappa shape index (κ2) is 6.42. The molecule has 1 aliphatic heterocycles. The Labute approximate surface area is 137 Å². The van der Waals surface area contributed by atoms with Crippen molar-refractivity contribution in [2.75, 3.05) is 50.4 Å². The number of nitrogen functional groups attached to an aromatic ring is 1. The molecule has 0 amide bonds. The quantitative estimate of drug-likeness (QED) is 0.671. The predicted molar refractivity (Wildman–Crippen MR) is 86.4 cm³/mol. The van der Waals surface area contributed by atoms with Gasteiger partial charge in [0.25, 0.3) is 5.78 Å². The van der Waals surface area contributed by atoms with Crippen molar-refractivity contribution >= 4 is 17.7 Å². The van der Waals surface area contributed by atoms with Gasteiger partial charge in [0.1, 0.15) is 0 Å². The third-order valence-electron chi connectivity index (χ3n) is 3.79. The normalized spacial score (nSPS) is 15.8. The lowest BCUT2D eigenvalue weighted by Crippen LogP contribution is -2.39. The van der Waals surface area contributed by atoms with Crippen molar-refractivity contribution in [3.63, 3.8) is 0 Å². The van der Waals surface area contributed by atoms with Crippen molar-refractivity contribution in [1.82, 2.24) is 29.5 Å². The molecule has 10 nitrogen and oxygen atoms in total. The summed E-state index contributed by atoms with van der Waals surface area (Å²) >= 11 is 0. The summed E-state index contributed by atoms with van der Waals surface area (Å²) in [5.74, 6) is 2.02. The van der Waals surface area contributed by atoms with Crippen LogP contribution in [-0.2, 0) is 4.74 Å². The maximum Gasteiger partial charge on any atom is 0.259 e. The van der Waals surface area contributed by atoms with Gasteiger partial charge in [-0.2, -0.15) is 19.5 Å². The number of anilines is 2. The summed E-state index contributed by atoms with van der Waals surface area (Å²) in [5, 5.41) is 7.44. The monoisotopic (exact) mass is 330 g/mol. The Morgan fingerprint density at radius 3 is 2.88 bits per heavy atom. The number of hydrogen-bond donors (Lipinski definition) is 2. The minimum atomic E-state index is 0.221. The number of nitrogens with zero attached hydrogens (tertiary/aromatic N) is 6. The van der Waals surface area contributed by atoms with Crippen molar-refractivity contribution in [2.24, 2.45) is 0 Å². The molecule has 126 valence electrons. The first-order valence-corrected chi connectivity index (χ1v) is 7.78. The largest absolute Gasteiger partial charge is 0.461 e. The van der Waals surface area contributed by atoms with Crippen LogP contribution >= 0.6 is 0 Å². The number of rotatable bonds is 5. The van der Waals surface area contributed by atoms with Crippen molar-refractivity contribution in [1.29, 1.82) is 0 Å². The number of nitrogens with one attached hydrogen (secondary N) is 1. The first-order valence-electron chi connectivity index (χ1n) is 7.78. The number of furan rings is 1. The average molecular weight is 330 g/mol. The molecular weight excluding hydrogens is 312 g/mol. The molecule has 10 heteroatoms. The van der Waals surface area contributed by atoms with Gasteiger partial charge in [0, 0.05) is 26.2 Å². The van der Waals surface area contributed by atoms with E-state index in [4.69, 9.17) is 14.9 Å². The summed E-state index contributed by atoms with van der Waals surface area (Å²) in [6.07, 6.45) is 1.56. The van der Waals surface area contributed by atoms with Crippen molar-refractivity contribution in [3.05, 3.63) is 18.4 Å². The van der Waals surface area contributed by atoms with E-state index in [1.165, 1.54) is 4.52 Å². The topological polar surface area (TPSA) is 120 Å². The van der Waals surface area contributed by atoms with Gasteiger partial charge in [-0.1, -0.05) is 0 Å². The van der Waals surface area contributed by atoms with E-state index < -0.39 is 0 Å². The van der Waals surface area contributed by atoms with E-state index in [1.807, 2.05) is 0 Å². The molecule has 0 bridgehead atoms. The van der Waals surface area contributed by atoms with Gasteiger partial charge in [0.2, 0.25) is 17.7 Å². The molecule has 4 heterocycles. The van der Waals surface area contributed by atoms with E-state index >= 15 is 0 Å². The molecule has 3 aromatic heterocycles. The molecule has 0 spiro atoms. The van der Waals surface area contributed by atoms with Gasteiger partial charge < -0.3 is 20.2 Å². The van der Waals surface area contributed by atoms with Crippen molar-refractivity contribution in [2.45, 2.75) is 0 Å². The molecular formula is C14H18N8O2. The Morgan fingerprint density at radius 2 is 2.08 bits per heavy atom. The Balaban J connectivity index is 1.47. The Bertz CT molecular complexity index is 810. The van der Waals surface area contributed by atoms with Crippen LogP contribution in [0.25, 0.3) is 17.4 Å². The zero-order valence-corrected chi connectivity index (χ0v) is 13.1. The SMILES string of the molecule is Nc1nc(NCCN2CCOCC2)nc2nc(-c3ccco3)nn12. The molecule has 0 unspecified atom stereocenters. The van der Waals surface area contributed by atoms with E-state index in [0.717, 1.165) is 39.4 Å². The number of ether oxygens (including phenoxy) is 1. The summed E-state index contributed by atoms with van der Waals surface area (Å²) in [5.41, 5.74) is 5.95. The van der Waals surface area contributed by atoms with Crippen LogP contribution in [0.2, 0.25) is 0 Å². The van der Waals surface area contributed by atoms with E-state index in [-0.39, 0.29) is 5.95 Å². The van der Waals surface area contributed by atoms with Crippen LogP contribution in [0.5, 0.6) is 0 Å². The van der Waals surface area contributed by atoms with Crippen molar-refractivity contribution < 1.29 is 9.15 Å². The summed E-state index contributed by atoms with van der Waals surface area (Å²) in [6, 6.07) is 3.55. The van der Waals surface area contributed by atoms with E-state index in [0.29, 0.717) is 23.3 Å². The van der Waals surface area contributed by atoms with Crippen LogP contribution in [0.1, 0.15) is 0 Å². The van der Waals surface area contributed by atoms with Crippen LogP contribution in [0.3, 0.4) is 0 Å². The fraction of sp³-hybridized carbons (Fsp3) is 0.429. The van der Waals surface area contributed by atoms with Crippen LogP contribution in [0, 0.1) is 0 Å². The lowest BCUT2D eigenvalue weighted by atomic mass is 10.4. The summed E-state index contributed by atoms with van der Waals surface area (Å²) in [6.45, 7) is 5.06. The second-order valence-corrected chi connectivity index (χ2v) is 5.41. The summed E-state index contributed by atoms with van der Waals surface area (Å²) in [4.78, 5) is 15.2. The number of fused-ring (bicyclic) bond motifs is 1. The van der Waals surface area contributed by atoms with Gasteiger partial charge in [-0.05, 0) is 12.1 Å². The molecule has 4 rings (SSSR count). The molecule has 24 heavy (non-hydrogen) atoms. The Kier molecular flexibility index (Phi) is 3.97. The zero-order valence-electron chi connectivity index (χ0n) is 13.1. The first-order chi connectivity index (χ1) is 11.8. The number of hydrogen-bond acceptors (Lipinski definition) is 9. The maximum atomic E-state index is 5.95. The minimum absolute atomic E-state index is 0.221. The maximum absolute atomic E-state index is 5.95. The van der Waals surface area contributed by atoms with Crippen LogP contribution in [0.15, 0.2) is 22.8 Å². The highest BCUT2D eigenvalue weighted by molar-refractivity contribution is 5.52. The van der Waals surface area contributed by atoms with Crippen LogP contribution in [-0.4, -0.2) is 68.9 Å². The molecule has 0 aromatic carbocycles. The molecule has 3 aromatic rings. The number of morpholine rings is 1. The molecule has 0 atom stereocenters. The fourth-order valence-electron chi connectivity index (χ4n) is 2.55. The Hall–Kier alpha value is -2.72. The number of aromatic nitrogens is 5. The molecule has 0 saturated carbocycles. The van der Waals surface area contributed by atoms with E-state index in [9.17, 15) is 0 Å². The second-order valence-electron chi connectivity index (χ2n) is 5.41. The molecule has 0 aliphatic carbocycles. The molecule has 1 aliphatic rings. The smallest absolute Gasteiger partial charge is 0.259 e. The molecule has 1 fully saturated rings. The van der Waals surface area contributed by atoms with Gasteiger partial charge in [-0.25, -0.2) is 0 Å². The first kappa shape index (κ1) is 14.8. The zero-order chi connectivity index (χ0) is 16.4. The van der Waals surface area contributed by atoms with E-state index in [2.05, 4.69) is 30.3 Å². The van der Waals surface area contributed by atoms with Gasteiger partial charge in [0.15, 0.2) is 5.76 Å². The third kappa shape index (κ3) is 3.01. The van der Waals surface area contributed by atoms with Gasteiger partial charge in [-0.15, -0.1) is 5.10 Å². The molecule has 1 saturated heterocycles. The van der Waals surface area contributed by atoms with E-state index in [1.54, 1.807) is 18.4 Å². The van der Waals surface area contributed by atoms with Crippen molar-refractivity contribution in [3.8, 4) is 11.6 Å². The lowest BCUT2D eigenvalue weighted by molar-refractivity contribution is 0.0398. The summed E-state index contributed by atoms with van der Waals surface area (Å²) < 4.78 is 12.0. The predicted octanol–water partition coefficient (Wildman–Crippen LogP) is 0.106.